The molecule has 0 unspecified atom stereocenters. The molecule has 1 aromatic heterocycles. The van der Waals surface area contributed by atoms with Crippen LogP contribution in [0.15, 0.2) is 59.7 Å². The predicted octanol–water partition coefficient (Wildman–Crippen LogP) is 3.29. The summed E-state index contributed by atoms with van der Waals surface area (Å²) in [5, 5.41) is 3.93. The van der Waals surface area contributed by atoms with Crippen LogP contribution in [0.5, 0.6) is 0 Å². The van der Waals surface area contributed by atoms with E-state index in [1.807, 2.05) is 24.5 Å². The number of anilines is 1. The van der Waals surface area contributed by atoms with E-state index >= 15 is 0 Å². The topological polar surface area (TPSA) is 83.8 Å². The first-order chi connectivity index (χ1) is 15.1. The highest BCUT2D eigenvalue weighted by atomic mass is 32.2. The molecule has 1 amide bonds. The first-order valence-corrected chi connectivity index (χ1v) is 11.4. The van der Waals surface area contributed by atoms with Gasteiger partial charge in [-0.25, -0.2) is 22.6 Å². The average Bonchev–Trinajstić information content (AvgIpc) is 3.00. The number of aromatic nitrogens is 1. The van der Waals surface area contributed by atoms with Gasteiger partial charge in [0, 0.05) is 22.6 Å². The van der Waals surface area contributed by atoms with Gasteiger partial charge in [0.2, 0.25) is 10.0 Å². The summed E-state index contributed by atoms with van der Waals surface area (Å²) in [6, 6.07) is 12.7. The van der Waals surface area contributed by atoms with Crippen LogP contribution in [0.2, 0.25) is 0 Å². The smallest absolute Gasteiger partial charge is 0.260 e. The Morgan fingerprint density at radius 3 is 2.19 bits per heavy atom. The third-order valence-electron chi connectivity index (χ3n) is 4.75. The highest BCUT2D eigenvalue weighted by Crippen LogP contribution is 2.20. The summed E-state index contributed by atoms with van der Waals surface area (Å²) in [5.41, 5.74) is 5.71. The van der Waals surface area contributed by atoms with Crippen LogP contribution in [-0.4, -0.2) is 37.9 Å². The summed E-state index contributed by atoms with van der Waals surface area (Å²) >= 11 is 0. The summed E-state index contributed by atoms with van der Waals surface area (Å²) < 4.78 is 53.3. The van der Waals surface area contributed by atoms with Gasteiger partial charge >= 0.3 is 0 Å². The second-order valence-corrected chi connectivity index (χ2v) is 9.08. The molecule has 1 heterocycles. The second-order valence-electron chi connectivity index (χ2n) is 7.18. The highest BCUT2D eigenvalue weighted by molar-refractivity contribution is 7.92. The number of nitrogens with one attached hydrogen (secondary N) is 1. The molecule has 32 heavy (non-hydrogen) atoms. The lowest BCUT2D eigenvalue weighted by molar-refractivity contribution is -0.119. The maximum absolute atomic E-state index is 13.2. The molecule has 168 valence electrons. The molecule has 3 rings (SSSR count). The summed E-state index contributed by atoms with van der Waals surface area (Å²) in [6.07, 6.45) is 2.40. The first-order valence-electron chi connectivity index (χ1n) is 9.56. The number of nitrogens with zero attached hydrogens (tertiary/aromatic N) is 3. The number of hydrazone groups is 1. The zero-order valence-electron chi connectivity index (χ0n) is 17.7. The maximum atomic E-state index is 13.2. The molecule has 0 bridgehead atoms. The lowest BCUT2D eigenvalue weighted by Crippen LogP contribution is -2.39. The SMILES string of the molecule is Cc1cc(/C=N\NC(=O)CN(c2ccc(F)cc2)S(C)(=O)=O)c(C)n1-c1ccc(F)cc1. The number of aryl methyl sites for hydroxylation is 1. The van der Waals surface area contributed by atoms with E-state index in [1.54, 1.807) is 12.1 Å². The van der Waals surface area contributed by atoms with E-state index < -0.39 is 28.3 Å². The molecule has 3 aromatic rings. The molecule has 7 nitrogen and oxygen atoms in total. The number of benzene rings is 2. The molecule has 1 N–H and O–H groups in total. The number of hydrogen-bond acceptors (Lipinski definition) is 4. The van der Waals surface area contributed by atoms with E-state index in [-0.39, 0.29) is 11.5 Å². The summed E-state index contributed by atoms with van der Waals surface area (Å²) in [6.45, 7) is 3.23. The van der Waals surface area contributed by atoms with Crippen molar-refractivity contribution < 1.29 is 22.0 Å². The molecule has 0 saturated carbocycles. The van der Waals surface area contributed by atoms with E-state index in [1.165, 1.54) is 30.5 Å². The molecule has 10 heteroatoms. The molecular formula is C22H22F2N4O3S. The fourth-order valence-electron chi connectivity index (χ4n) is 3.25. The van der Waals surface area contributed by atoms with Crippen LogP contribution in [0, 0.1) is 25.5 Å². The van der Waals surface area contributed by atoms with Crippen molar-refractivity contribution >= 4 is 27.8 Å². The third-order valence-corrected chi connectivity index (χ3v) is 5.89. The van der Waals surface area contributed by atoms with Gasteiger partial charge in [0.05, 0.1) is 18.2 Å². The Morgan fingerprint density at radius 1 is 1.06 bits per heavy atom. The van der Waals surface area contributed by atoms with Gasteiger partial charge < -0.3 is 4.57 Å². The number of carbonyl (C=O) groups is 1. The van der Waals surface area contributed by atoms with Crippen molar-refractivity contribution in [3.63, 3.8) is 0 Å². The zero-order valence-corrected chi connectivity index (χ0v) is 18.5. The van der Waals surface area contributed by atoms with Crippen LogP contribution >= 0.6 is 0 Å². The minimum absolute atomic E-state index is 0.163. The van der Waals surface area contributed by atoms with Crippen LogP contribution in [0.1, 0.15) is 17.0 Å². The maximum Gasteiger partial charge on any atom is 0.260 e. The number of sulfonamides is 1. The summed E-state index contributed by atoms with van der Waals surface area (Å²) in [4.78, 5) is 12.3. The minimum Gasteiger partial charge on any atom is -0.318 e. The molecule has 0 aliphatic rings. The second kappa shape index (κ2) is 9.31. The molecule has 2 aromatic carbocycles. The highest BCUT2D eigenvalue weighted by Gasteiger charge is 2.20. The Bertz CT molecular complexity index is 1250. The van der Waals surface area contributed by atoms with Crippen LogP contribution in [0.25, 0.3) is 5.69 Å². The molecule has 0 aliphatic heterocycles. The number of halogens is 2. The van der Waals surface area contributed by atoms with Crippen molar-refractivity contribution in [3.8, 4) is 5.69 Å². The zero-order chi connectivity index (χ0) is 23.5. The van der Waals surface area contributed by atoms with Crippen LogP contribution < -0.4 is 9.73 Å². The van der Waals surface area contributed by atoms with E-state index in [0.717, 1.165) is 45.3 Å². The van der Waals surface area contributed by atoms with Gasteiger partial charge in [0.25, 0.3) is 5.91 Å². The standard InChI is InChI=1S/C22H22F2N4O3S/c1-15-12-17(16(2)28(15)21-10-6-19(24)7-11-21)13-25-26-22(29)14-27(32(3,30)31)20-8-4-18(23)5-9-20/h4-13H,14H2,1-3H3,(H,26,29)/b25-13-. The number of hydrogen-bond donors (Lipinski definition) is 1. The Balaban J connectivity index is 1.73. The third kappa shape index (κ3) is 5.38. The normalized spacial score (nSPS) is 11.7. The van der Waals surface area contributed by atoms with Gasteiger partial charge in [-0.3, -0.25) is 9.10 Å². The van der Waals surface area contributed by atoms with Crippen LogP contribution in [0.4, 0.5) is 14.5 Å². The quantitative estimate of drug-likeness (QED) is 0.434. The molecule has 0 radical (unpaired) electrons. The Kier molecular flexibility index (Phi) is 6.73. The fourth-order valence-corrected chi connectivity index (χ4v) is 4.11. The molecule has 0 spiro atoms. The van der Waals surface area contributed by atoms with Crippen LogP contribution in [-0.2, 0) is 14.8 Å². The van der Waals surface area contributed by atoms with Gasteiger partial charge in [0.1, 0.15) is 18.2 Å². The van der Waals surface area contributed by atoms with Gasteiger partial charge in [-0.15, -0.1) is 0 Å². The molecule has 0 atom stereocenters. The monoisotopic (exact) mass is 460 g/mol. The van der Waals surface area contributed by atoms with Crippen molar-refractivity contribution in [2.24, 2.45) is 5.10 Å². The lowest BCUT2D eigenvalue weighted by atomic mass is 10.2. The Hall–Kier alpha value is -3.53. The molecule has 0 fully saturated rings. The van der Waals surface area contributed by atoms with Gasteiger partial charge in [-0.1, -0.05) is 0 Å². The van der Waals surface area contributed by atoms with Crippen molar-refractivity contribution in [3.05, 3.63) is 83.2 Å². The Labute approximate surface area is 185 Å². The van der Waals surface area contributed by atoms with E-state index in [9.17, 15) is 22.0 Å². The molecule has 0 saturated heterocycles. The largest absolute Gasteiger partial charge is 0.318 e. The van der Waals surface area contributed by atoms with Crippen molar-refractivity contribution in [2.45, 2.75) is 13.8 Å². The Morgan fingerprint density at radius 2 is 1.62 bits per heavy atom. The van der Waals surface area contributed by atoms with Gasteiger partial charge in [-0.2, -0.15) is 5.10 Å². The number of rotatable bonds is 7. The van der Waals surface area contributed by atoms with Crippen molar-refractivity contribution in [1.29, 1.82) is 0 Å². The van der Waals surface area contributed by atoms with E-state index in [4.69, 9.17) is 0 Å². The van der Waals surface area contributed by atoms with Crippen molar-refractivity contribution in [1.82, 2.24) is 9.99 Å². The molecule has 0 aliphatic carbocycles. The predicted molar refractivity (Wildman–Crippen MR) is 120 cm³/mol. The number of carbonyl (C=O) groups excluding carboxylic acids is 1. The minimum atomic E-state index is -3.78. The number of amides is 1. The summed E-state index contributed by atoms with van der Waals surface area (Å²) in [5.74, 6) is -1.51. The average molecular weight is 461 g/mol. The van der Waals surface area contributed by atoms with Crippen LogP contribution in [0.3, 0.4) is 0 Å². The van der Waals surface area contributed by atoms with E-state index in [0.29, 0.717) is 0 Å². The molecular weight excluding hydrogens is 438 g/mol. The lowest BCUT2D eigenvalue weighted by Gasteiger charge is -2.21. The van der Waals surface area contributed by atoms with Gasteiger partial charge in [0.15, 0.2) is 0 Å². The van der Waals surface area contributed by atoms with Gasteiger partial charge in [-0.05, 0) is 68.4 Å². The first kappa shape index (κ1) is 23.1. The fraction of sp³-hybridized carbons (Fsp3) is 0.182. The van der Waals surface area contributed by atoms with E-state index in [2.05, 4.69) is 10.5 Å². The summed E-state index contributed by atoms with van der Waals surface area (Å²) in [7, 11) is -3.78. The van der Waals surface area contributed by atoms with Crippen molar-refractivity contribution in [2.75, 3.05) is 17.1 Å².